The summed E-state index contributed by atoms with van der Waals surface area (Å²) < 4.78 is 0. The second-order valence-corrected chi connectivity index (χ2v) is 8.75. The fraction of sp³-hybridized carbons (Fsp3) is 0.909. The Morgan fingerprint density at radius 1 is 1.15 bits per heavy atom. The third-order valence-corrected chi connectivity index (χ3v) is 7.97. The van der Waals surface area contributed by atoms with Gasteiger partial charge >= 0.3 is 0 Å². The molecule has 0 aromatic heterocycles. The smallest absolute Gasteiger partial charge is 0.144 e. The van der Waals surface area contributed by atoms with Gasteiger partial charge in [-0.1, -0.05) is 6.42 Å². The van der Waals surface area contributed by atoms with E-state index in [2.05, 4.69) is 6.26 Å². The number of hydrogen-bond acceptors (Lipinski definition) is 1. The lowest BCUT2D eigenvalue weighted by atomic mass is 9.99. The van der Waals surface area contributed by atoms with E-state index in [0.717, 1.165) is 12.8 Å². The molecule has 0 spiro atoms. The number of carbonyl (C=O) groups is 1. The van der Waals surface area contributed by atoms with E-state index >= 15 is 0 Å². The van der Waals surface area contributed by atoms with Gasteiger partial charge in [0.25, 0.3) is 0 Å². The summed E-state index contributed by atoms with van der Waals surface area (Å²) >= 11 is 0. The van der Waals surface area contributed by atoms with Gasteiger partial charge in [-0.3, -0.25) is 4.79 Å². The summed E-state index contributed by atoms with van der Waals surface area (Å²) in [6.07, 6.45) is 9.75. The highest BCUT2D eigenvalue weighted by Gasteiger charge is 2.37. The highest BCUT2D eigenvalue weighted by molar-refractivity contribution is 8.34. The van der Waals surface area contributed by atoms with Crippen molar-refractivity contribution in [1.82, 2.24) is 0 Å². The van der Waals surface area contributed by atoms with Crippen molar-refractivity contribution in [3.05, 3.63) is 0 Å². The van der Waals surface area contributed by atoms with E-state index in [4.69, 9.17) is 0 Å². The van der Waals surface area contributed by atoms with Gasteiger partial charge in [0.1, 0.15) is 5.78 Å². The van der Waals surface area contributed by atoms with Gasteiger partial charge in [-0.25, -0.2) is 10.0 Å². The van der Waals surface area contributed by atoms with Crippen molar-refractivity contribution in [3.63, 3.8) is 0 Å². The molecule has 2 aliphatic rings. The van der Waals surface area contributed by atoms with E-state index < -0.39 is 10.0 Å². The molecule has 0 aromatic carbocycles. The Hall–Kier alpha value is 0.0200. The lowest BCUT2D eigenvalue weighted by Gasteiger charge is -2.40. The van der Waals surface area contributed by atoms with E-state index in [1.165, 1.54) is 37.2 Å². The molecule has 0 N–H and O–H groups in total. The van der Waals surface area contributed by atoms with Gasteiger partial charge in [0, 0.05) is 11.7 Å². The molecule has 2 fully saturated rings. The highest BCUT2D eigenvalue weighted by atomic mass is 32.3. The molecule has 1 atom stereocenters. The van der Waals surface area contributed by atoms with Crippen molar-refractivity contribution < 1.29 is 4.79 Å². The Morgan fingerprint density at radius 2 is 1.85 bits per heavy atom. The van der Waals surface area contributed by atoms with Crippen molar-refractivity contribution in [3.8, 4) is 0 Å². The average molecular weight is 200 g/mol. The molecule has 0 radical (unpaired) electrons. The third-order valence-electron chi connectivity index (χ3n) is 3.66. The molecular formula is C11H20OS. The second kappa shape index (κ2) is 3.64. The van der Waals surface area contributed by atoms with Crippen molar-refractivity contribution in [2.24, 2.45) is 0 Å². The Bertz CT molecular complexity index is 206. The maximum Gasteiger partial charge on any atom is 0.144 e. The van der Waals surface area contributed by atoms with Crippen molar-refractivity contribution in [2.45, 2.75) is 43.8 Å². The van der Waals surface area contributed by atoms with Crippen LogP contribution in [0.4, 0.5) is 0 Å². The zero-order chi connectivity index (χ0) is 9.31. The van der Waals surface area contributed by atoms with Crippen molar-refractivity contribution >= 4 is 15.8 Å². The topological polar surface area (TPSA) is 17.1 Å². The second-order valence-electron chi connectivity index (χ2n) is 4.67. The van der Waals surface area contributed by atoms with E-state index in [9.17, 15) is 4.79 Å². The van der Waals surface area contributed by atoms with Crippen LogP contribution < -0.4 is 0 Å². The molecule has 2 heteroatoms. The minimum absolute atomic E-state index is 0.503. The minimum Gasteiger partial charge on any atom is -0.299 e. The first-order valence-electron chi connectivity index (χ1n) is 5.48. The van der Waals surface area contributed by atoms with E-state index in [-0.39, 0.29) is 0 Å². The molecule has 0 aromatic rings. The van der Waals surface area contributed by atoms with Gasteiger partial charge < -0.3 is 0 Å². The van der Waals surface area contributed by atoms with Crippen LogP contribution in [0.5, 0.6) is 0 Å². The molecule has 0 bridgehead atoms. The Morgan fingerprint density at radius 3 is 2.46 bits per heavy atom. The maximum atomic E-state index is 11.8. The molecular weight excluding hydrogens is 180 g/mol. The number of Topliss-reactive ketones (excluding diaryl/α,β-unsaturated/α-hetero) is 1. The van der Waals surface area contributed by atoms with Gasteiger partial charge in [0.05, 0.1) is 0 Å². The van der Waals surface area contributed by atoms with E-state index in [1.807, 2.05) is 0 Å². The molecule has 76 valence electrons. The van der Waals surface area contributed by atoms with Gasteiger partial charge in [0.2, 0.25) is 0 Å². The molecule has 1 unspecified atom stereocenters. The standard InChI is InChI=1S/C11H20OS/c1-13(8-4-5-9-13)11-7-3-2-6-10(11)12/h11H,2-9H2,1H3. The first kappa shape index (κ1) is 9.57. The first-order chi connectivity index (χ1) is 6.22. The summed E-state index contributed by atoms with van der Waals surface area (Å²) in [6, 6.07) is 0. The van der Waals surface area contributed by atoms with Crippen LogP contribution >= 0.6 is 10.0 Å². The highest BCUT2D eigenvalue weighted by Crippen LogP contribution is 2.57. The van der Waals surface area contributed by atoms with Crippen molar-refractivity contribution in [2.75, 3.05) is 17.8 Å². The van der Waals surface area contributed by atoms with Crippen LogP contribution in [0.2, 0.25) is 0 Å². The molecule has 1 nitrogen and oxygen atoms in total. The van der Waals surface area contributed by atoms with Gasteiger partial charge in [-0.05, 0) is 43.4 Å². The SMILES string of the molecule is CS1(C2CCCCC2=O)CCCC1. The Balaban J connectivity index is 2.08. The van der Waals surface area contributed by atoms with Crippen LogP contribution in [0.1, 0.15) is 38.5 Å². The van der Waals surface area contributed by atoms with Gasteiger partial charge in [-0.15, -0.1) is 0 Å². The van der Waals surface area contributed by atoms with Gasteiger partial charge in [0.15, 0.2) is 0 Å². The van der Waals surface area contributed by atoms with E-state index in [1.54, 1.807) is 0 Å². The predicted octanol–water partition coefficient (Wildman–Crippen LogP) is 2.73. The number of rotatable bonds is 1. The normalized spacial score (nSPS) is 36.1. The zero-order valence-electron chi connectivity index (χ0n) is 8.55. The molecule has 1 aliphatic carbocycles. The predicted molar refractivity (Wildman–Crippen MR) is 59.7 cm³/mol. The number of carbonyl (C=O) groups excluding carboxylic acids is 1. The van der Waals surface area contributed by atoms with Crippen LogP contribution in [-0.4, -0.2) is 28.8 Å². The molecule has 2 rings (SSSR count). The first-order valence-corrected chi connectivity index (χ1v) is 7.92. The quantitative estimate of drug-likeness (QED) is 0.636. The summed E-state index contributed by atoms with van der Waals surface area (Å²) in [6.45, 7) is 0. The summed E-state index contributed by atoms with van der Waals surface area (Å²) in [7, 11) is -0.504. The molecule has 1 saturated heterocycles. The Kier molecular flexibility index (Phi) is 2.68. The Labute approximate surface area is 82.6 Å². The molecule has 1 aliphatic heterocycles. The maximum absolute atomic E-state index is 11.8. The van der Waals surface area contributed by atoms with Crippen LogP contribution in [0.3, 0.4) is 0 Å². The number of ketones is 1. The van der Waals surface area contributed by atoms with Crippen LogP contribution in [-0.2, 0) is 4.79 Å². The minimum atomic E-state index is -0.504. The van der Waals surface area contributed by atoms with Crippen LogP contribution in [0, 0.1) is 0 Å². The van der Waals surface area contributed by atoms with Gasteiger partial charge in [-0.2, -0.15) is 0 Å². The summed E-state index contributed by atoms with van der Waals surface area (Å²) in [4.78, 5) is 11.8. The molecule has 13 heavy (non-hydrogen) atoms. The monoisotopic (exact) mass is 200 g/mol. The third kappa shape index (κ3) is 1.78. The zero-order valence-corrected chi connectivity index (χ0v) is 9.37. The summed E-state index contributed by atoms with van der Waals surface area (Å²) in [5.41, 5.74) is 0. The fourth-order valence-corrected chi connectivity index (χ4v) is 6.79. The lowest BCUT2D eigenvalue weighted by molar-refractivity contribution is -0.119. The average Bonchev–Trinajstić information content (AvgIpc) is 2.54. The lowest BCUT2D eigenvalue weighted by Crippen LogP contribution is -2.31. The number of hydrogen-bond donors (Lipinski definition) is 0. The molecule has 1 heterocycles. The van der Waals surface area contributed by atoms with Crippen molar-refractivity contribution in [1.29, 1.82) is 0 Å². The largest absolute Gasteiger partial charge is 0.299 e. The molecule has 0 amide bonds. The van der Waals surface area contributed by atoms with Crippen LogP contribution in [0.15, 0.2) is 0 Å². The fourth-order valence-electron chi connectivity index (χ4n) is 2.80. The molecule has 1 saturated carbocycles. The summed E-state index contributed by atoms with van der Waals surface area (Å²) in [5, 5.41) is 0.503. The van der Waals surface area contributed by atoms with E-state index in [0.29, 0.717) is 11.0 Å². The van der Waals surface area contributed by atoms with Crippen LogP contribution in [0.25, 0.3) is 0 Å². The summed E-state index contributed by atoms with van der Waals surface area (Å²) in [5.74, 6) is 3.36.